The second-order valence-corrected chi connectivity index (χ2v) is 5.03. The van der Waals surface area contributed by atoms with Crippen LogP contribution in [-0.2, 0) is 0 Å². The lowest BCUT2D eigenvalue weighted by Crippen LogP contribution is -2.24. The molecule has 3 nitrogen and oxygen atoms in total. The topological polar surface area (TPSA) is 28.2 Å². The summed E-state index contributed by atoms with van der Waals surface area (Å²) in [6, 6.07) is 8.61. The van der Waals surface area contributed by atoms with Crippen LogP contribution < -0.4 is 10.2 Å². The molecule has 1 fully saturated rings. The van der Waals surface area contributed by atoms with E-state index in [9.17, 15) is 0 Å². The number of fused-ring (bicyclic) bond motifs is 1. The molecule has 3 heteroatoms. The van der Waals surface area contributed by atoms with Crippen LogP contribution in [-0.4, -0.2) is 31.7 Å². The third-order valence-corrected chi connectivity index (χ3v) is 3.78. The van der Waals surface area contributed by atoms with E-state index in [0.29, 0.717) is 0 Å². The molecule has 0 bridgehead atoms. The number of hydrogen-bond acceptors (Lipinski definition) is 3. The van der Waals surface area contributed by atoms with Crippen molar-refractivity contribution in [3.63, 3.8) is 0 Å². The van der Waals surface area contributed by atoms with Gasteiger partial charge in [0.25, 0.3) is 0 Å². The lowest BCUT2D eigenvalue weighted by molar-refractivity contribution is 0.549. The lowest BCUT2D eigenvalue weighted by Gasteiger charge is -2.20. The molecule has 0 aliphatic carbocycles. The maximum Gasteiger partial charge on any atom is 0.0447 e. The zero-order valence-corrected chi connectivity index (χ0v) is 10.8. The number of hydrogen-bond donors (Lipinski definition) is 1. The first-order valence-corrected chi connectivity index (χ1v) is 6.61. The van der Waals surface area contributed by atoms with Gasteiger partial charge in [-0.2, -0.15) is 0 Å². The van der Waals surface area contributed by atoms with Gasteiger partial charge in [-0.05, 0) is 38.1 Å². The number of nitrogens with zero attached hydrogens (tertiary/aromatic N) is 2. The number of pyridine rings is 1. The van der Waals surface area contributed by atoms with Crippen LogP contribution in [0.2, 0.25) is 0 Å². The fourth-order valence-electron chi connectivity index (χ4n) is 2.89. The number of rotatable bonds is 3. The van der Waals surface area contributed by atoms with Crippen LogP contribution in [0.1, 0.15) is 6.42 Å². The highest BCUT2D eigenvalue weighted by Gasteiger charge is 2.22. The second kappa shape index (κ2) is 4.94. The molecule has 2 aromatic rings. The van der Waals surface area contributed by atoms with Gasteiger partial charge in [-0.1, -0.05) is 12.1 Å². The molecule has 18 heavy (non-hydrogen) atoms. The van der Waals surface area contributed by atoms with Gasteiger partial charge in [0.05, 0.1) is 0 Å². The summed E-state index contributed by atoms with van der Waals surface area (Å²) >= 11 is 0. The van der Waals surface area contributed by atoms with E-state index in [2.05, 4.69) is 39.5 Å². The molecule has 1 aromatic carbocycles. The number of aromatic nitrogens is 1. The minimum Gasteiger partial charge on any atom is -0.371 e. The standard InChI is InChI=1S/C15H19N3/c1-16-9-12-6-8-18(11-12)15-4-2-3-13-10-17-7-5-14(13)15/h2-5,7,10,12,16H,6,8-9,11H2,1H3. The molecular weight excluding hydrogens is 222 g/mol. The minimum atomic E-state index is 0.770. The van der Waals surface area contributed by atoms with Crippen molar-refractivity contribution in [2.45, 2.75) is 6.42 Å². The van der Waals surface area contributed by atoms with Crippen LogP contribution in [0.25, 0.3) is 10.8 Å². The van der Waals surface area contributed by atoms with E-state index < -0.39 is 0 Å². The molecular formula is C15H19N3. The van der Waals surface area contributed by atoms with Crippen molar-refractivity contribution in [3.8, 4) is 0 Å². The summed E-state index contributed by atoms with van der Waals surface area (Å²) in [5, 5.41) is 5.83. The molecule has 2 heterocycles. The van der Waals surface area contributed by atoms with Gasteiger partial charge in [-0.3, -0.25) is 4.98 Å². The first kappa shape index (κ1) is 11.5. The van der Waals surface area contributed by atoms with Gasteiger partial charge >= 0.3 is 0 Å². The van der Waals surface area contributed by atoms with E-state index in [1.807, 2.05) is 19.4 Å². The highest BCUT2D eigenvalue weighted by atomic mass is 15.2. The Hall–Kier alpha value is -1.61. The first-order valence-electron chi connectivity index (χ1n) is 6.61. The van der Waals surface area contributed by atoms with Crippen molar-refractivity contribution in [2.24, 2.45) is 5.92 Å². The molecule has 1 unspecified atom stereocenters. The summed E-state index contributed by atoms with van der Waals surface area (Å²) in [4.78, 5) is 6.70. The summed E-state index contributed by atoms with van der Waals surface area (Å²) in [5.41, 5.74) is 1.36. The lowest BCUT2D eigenvalue weighted by atomic mass is 10.1. The largest absolute Gasteiger partial charge is 0.371 e. The van der Waals surface area contributed by atoms with Gasteiger partial charge in [-0.15, -0.1) is 0 Å². The van der Waals surface area contributed by atoms with Gasteiger partial charge in [0.15, 0.2) is 0 Å². The van der Waals surface area contributed by atoms with Gasteiger partial charge in [-0.25, -0.2) is 0 Å². The molecule has 0 spiro atoms. The van der Waals surface area contributed by atoms with E-state index in [-0.39, 0.29) is 0 Å². The maximum atomic E-state index is 4.20. The highest BCUT2D eigenvalue weighted by Crippen LogP contribution is 2.30. The summed E-state index contributed by atoms with van der Waals surface area (Å²) in [5.74, 6) is 0.770. The van der Waals surface area contributed by atoms with Crippen molar-refractivity contribution in [1.82, 2.24) is 10.3 Å². The molecule has 1 aromatic heterocycles. The third-order valence-electron chi connectivity index (χ3n) is 3.78. The first-order chi connectivity index (χ1) is 8.88. The van der Waals surface area contributed by atoms with Crippen LogP contribution in [0.3, 0.4) is 0 Å². The number of anilines is 1. The highest BCUT2D eigenvalue weighted by molar-refractivity contribution is 5.93. The quantitative estimate of drug-likeness (QED) is 0.893. The van der Waals surface area contributed by atoms with E-state index in [0.717, 1.165) is 25.6 Å². The molecule has 0 amide bonds. The minimum absolute atomic E-state index is 0.770. The van der Waals surface area contributed by atoms with Crippen molar-refractivity contribution in [1.29, 1.82) is 0 Å². The molecule has 1 N–H and O–H groups in total. The molecule has 1 saturated heterocycles. The molecule has 1 aliphatic heterocycles. The Morgan fingerprint density at radius 1 is 1.39 bits per heavy atom. The Kier molecular flexibility index (Phi) is 3.15. The second-order valence-electron chi connectivity index (χ2n) is 5.03. The summed E-state index contributed by atoms with van der Waals surface area (Å²) in [7, 11) is 2.03. The molecule has 1 atom stereocenters. The monoisotopic (exact) mass is 241 g/mol. The molecule has 0 saturated carbocycles. The van der Waals surface area contributed by atoms with Gasteiger partial charge < -0.3 is 10.2 Å². The Morgan fingerprint density at radius 3 is 3.22 bits per heavy atom. The Balaban J connectivity index is 1.91. The predicted molar refractivity (Wildman–Crippen MR) is 76.0 cm³/mol. The van der Waals surface area contributed by atoms with Crippen LogP contribution in [0.15, 0.2) is 36.7 Å². The third kappa shape index (κ3) is 2.06. The average Bonchev–Trinajstić information content (AvgIpc) is 2.87. The molecule has 94 valence electrons. The van der Waals surface area contributed by atoms with E-state index >= 15 is 0 Å². The maximum absolute atomic E-state index is 4.20. The normalized spacial score (nSPS) is 19.6. The van der Waals surface area contributed by atoms with Crippen LogP contribution in [0.4, 0.5) is 5.69 Å². The van der Waals surface area contributed by atoms with Gasteiger partial charge in [0, 0.05) is 41.9 Å². The summed E-state index contributed by atoms with van der Waals surface area (Å²) in [6.45, 7) is 3.43. The zero-order valence-electron chi connectivity index (χ0n) is 10.8. The average molecular weight is 241 g/mol. The van der Waals surface area contributed by atoms with Crippen LogP contribution in [0.5, 0.6) is 0 Å². The SMILES string of the molecule is CNCC1CCN(c2cccc3cnccc23)C1. The Morgan fingerprint density at radius 2 is 2.33 bits per heavy atom. The predicted octanol–water partition coefficient (Wildman–Crippen LogP) is 2.28. The van der Waals surface area contributed by atoms with Gasteiger partial charge in [0.2, 0.25) is 0 Å². The van der Waals surface area contributed by atoms with Crippen LogP contribution >= 0.6 is 0 Å². The Labute approximate surface area is 108 Å². The molecule has 3 rings (SSSR count). The zero-order chi connectivity index (χ0) is 12.4. The van der Waals surface area contributed by atoms with E-state index in [1.54, 1.807) is 0 Å². The number of benzene rings is 1. The van der Waals surface area contributed by atoms with Crippen molar-refractivity contribution >= 4 is 16.5 Å². The summed E-state index contributed by atoms with van der Waals surface area (Å²) in [6.07, 6.45) is 5.11. The molecule has 1 aliphatic rings. The van der Waals surface area contributed by atoms with Crippen molar-refractivity contribution in [3.05, 3.63) is 36.7 Å². The fraction of sp³-hybridized carbons (Fsp3) is 0.400. The fourth-order valence-corrected chi connectivity index (χ4v) is 2.89. The smallest absolute Gasteiger partial charge is 0.0447 e. The van der Waals surface area contributed by atoms with E-state index in [4.69, 9.17) is 0 Å². The summed E-state index contributed by atoms with van der Waals surface area (Å²) < 4.78 is 0. The molecule has 0 radical (unpaired) electrons. The van der Waals surface area contributed by atoms with Crippen molar-refractivity contribution < 1.29 is 0 Å². The van der Waals surface area contributed by atoms with Crippen molar-refractivity contribution in [2.75, 3.05) is 31.6 Å². The Bertz CT molecular complexity index is 533. The van der Waals surface area contributed by atoms with Crippen LogP contribution in [0, 0.1) is 5.92 Å². The van der Waals surface area contributed by atoms with E-state index in [1.165, 1.54) is 22.9 Å². The number of nitrogens with one attached hydrogen (secondary N) is 1. The van der Waals surface area contributed by atoms with Gasteiger partial charge in [0.1, 0.15) is 0 Å².